The number of furan rings is 1. The monoisotopic (exact) mass is 472 g/mol. The number of thiocarbonyl (C=S) groups is 1. The maximum atomic E-state index is 13.2. The molecule has 6 nitrogen and oxygen atoms in total. The van der Waals surface area contributed by atoms with E-state index in [-0.39, 0.29) is 11.6 Å². The van der Waals surface area contributed by atoms with Crippen molar-refractivity contribution in [2.75, 3.05) is 4.90 Å². The van der Waals surface area contributed by atoms with Crippen LogP contribution in [0, 0.1) is 17.0 Å². The first-order valence-corrected chi connectivity index (χ1v) is 11.3. The van der Waals surface area contributed by atoms with Gasteiger partial charge in [-0.15, -0.1) is 0 Å². The molecule has 0 radical (unpaired) electrons. The summed E-state index contributed by atoms with van der Waals surface area (Å²) in [5.41, 5.74) is 2.21. The molecule has 4 aromatic rings. The fourth-order valence-corrected chi connectivity index (χ4v) is 5.04. The van der Waals surface area contributed by atoms with Crippen LogP contribution in [-0.4, -0.2) is 15.2 Å². The minimum atomic E-state index is -0.439. The van der Waals surface area contributed by atoms with Crippen LogP contribution in [0.4, 0.5) is 11.4 Å². The van der Waals surface area contributed by atoms with E-state index in [1.807, 2.05) is 49.4 Å². The van der Waals surface area contributed by atoms with Gasteiger partial charge in [0.1, 0.15) is 11.5 Å². The standard InChI is InChI=1S/C25H16N2O4S2/c1-15-9-10-17(27(29)30)13-20(15)22-12-11-18(31-22)14-23-24(28)26(25(32)33-23)21-8-4-6-16-5-2-3-7-19(16)21/h2-14H,1H3/b23-14+. The average Bonchev–Trinajstić information content (AvgIpc) is 3.37. The Morgan fingerprint density at radius 2 is 1.85 bits per heavy atom. The molecule has 3 aromatic carbocycles. The smallest absolute Gasteiger partial charge is 0.270 e. The number of rotatable bonds is 4. The summed E-state index contributed by atoms with van der Waals surface area (Å²) >= 11 is 6.74. The van der Waals surface area contributed by atoms with Gasteiger partial charge in [0.25, 0.3) is 11.6 Å². The molecular formula is C25H16N2O4S2. The Hall–Kier alpha value is -3.75. The fourth-order valence-electron chi connectivity index (χ4n) is 3.77. The molecule has 33 heavy (non-hydrogen) atoms. The molecule has 0 bridgehead atoms. The Labute approximate surface area is 198 Å². The number of benzene rings is 3. The molecule has 1 saturated heterocycles. The predicted octanol–water partition coefficient (Wildman–Crippen LogP) is 6.72. The number of nitro groups is 1. The number of hydrogen-bond donors (Lipinski definition) is 0. The summed E-state index contributed by atoms with van der Waals surface area (Å²) < 4.78 is 6.36. The molecule has 1 aliphatic rings. The number of nitro benzene ring substituents is 1. The predicted molar refractivity (Wildman–Crippen MR) is 135 cm³/mol. The number of thioether (sulfide) groups is 1. The normalized spacial score (nSPS) is 15.1. The van der Waals surface area contributed by atoms with Gasteiger partial charge in [0, 0.05) is 29.2 Å². The Balaban J connectivity index is 1.48. The van der Waals surface area contributed by atoms with Gasteiger partial charge in [-0.2, -0.15) is 0 Å². The lowest BCUT2D eigenvalue weighted by Gasteiger charge is -2.17. The first-order valence-electron chi connectivity index (χ1n) is 10.0. The van der Waals surface area contributed by atoms with Crippen LogP contribution in [0.25, 0.3) is 28.2 Å². The molecule has 1 aliphatic heterocycles. The molecule has 0 spiro atoms. The molecule has 0 N–H and O–H groups in total. The van der Waals surface area contributed by atoms with E-state index in [1.54, 1.807) is 29.2 Å². The summed E-state index contributed by atoms with van der Waals surface area (Å²) in [7, 11) is 0. The summed E-state index contributed by atoms with van der Waals surface area (Å²) in [5, 5.41) is 13.1. The first-order chi connectivity index (χ1) is 15.9. The van der Waals surface area contributed by atoms with Crippen molar-refractivity contribution in [1.29, 1.82) is 0 Å². The Bertz CT molecular complexity index is 1480. The lowest BCUT2D eigenvalue weighted by molar-refractivity contribution is -0.384. The topological polar surface area (TPSA) is 76.6 Å². The van der Waals surface area contributed by atoms with Crippen LogP contribution in [0.3, 0.4) is 0 Å². The molecule has 8 heteroatoms. The Kier molecular flexibility index (Phi) is 5.32. The van der Waals surface area contributed by atoms with Gasteiger partial charge >= 0.3 is 0 Å². The van der Waals surface area contributed by atoms with Crippen molar-refractivity contribution in [2.24, 2.45) is 0 Å². The van der Waals surface area contributed by atoms with Crippen LogP contribution in [0.2, 0.25) is 0 Å². The minimum absolute atomic E-state index is 0.00971. The molecule has 162 valence electrons. The van der Waals surface area contributed by atoms with Crippen LogP contribution in [0.5, 0.6) is 0 Å². The third kappa shape index (κ3) is 3.83. The highest BCUT2D eigenvalue weighted by Gasteiger charge is 2.34. The quantitative estimate of drug-likeness (QED) is 0.142. The second kappa shape index (κ2) is 8.31. The zero-order valence-corrected chi connectivity index (χ0v) is 19.0. The van der Waals surface area contributed by atoms with E-state index in [0.29, 0.717) is 26.3 Å². The van der Waals surface area contributed by atoms with Gasteiger partial charge in [0.15, 0.2) is 4.32 Å². The van der Waals surface area contributed by atoms with Gasteiger partial charge in [-0.25, -0.2) is 0 Å². The number of amides is 1. The van der Waals surface area contributed by atoms with Crippen LogP contribution >= 0.6 is 24.0 Å². The molecule has 0 saturated carbocycles. The highest BCUT2D eigenvalue weighted by Crippen LogP contribution is 2.39. The first kappa shape index (κ1) is 21.1. The number of aryl methyl sites for hydroxylation is 1. The van der Waals surface area contributed by atoms with E-state index in [0.717, 1.165) is 22.0 Å². The molecule has 1 aromatic heterocycles. The molecule has 2 heterocycles. The molecule has 0 unspecified atom stereocenters. The van der Waals surface area contributed by atoms with Gasteiger partial charge in [-0.3, -0.25) is 19.8 Å². The number of fused-ring (bicyclic) bond motifs is 1. The van der Waals surface area contributed by atoms with Crippen molar-refractivity contribution in [1.82, 2.24) is 0 Å². The summed E-state index contributed by atoms with van der Waals surface area (Å²) in [6.07, 6.45) is 1.65. The lowest BCUT2D eigenvalue weighted by Crippen LogP contribution is -2.27. The van der Waals surface area contributed by atoms with Crippen molar-refractivity contribution in [2.45, 2.75) is 6.92 Å². The Morgan fingerprint density at radius 1 is 1.06 bits per heavy atom. The van der Waals surface area contributed by atoms with Crippen molar-refractivity contribution < 1.29 is 14.1 Å². The number of hydrogen-bond acceptors (Lipinski definition) is 6. The summed E-state index contributed by atoms with van der Waals surface area (Å²) in [4.78, 5) is 25.9. The van der Waals surface area contributed by atoms with E-state index in [1.165, 1.54) is 23.9 Å². The number of carbonyl (C=O) groups excluding carboxylic acids is 1. The molecule has 5 rings (SSSR count). The molecule has 0 atom stereocenters. The molecule has 1 fully saturated rings. The van der Waals surface area contributed by atoms with Gasteiger partial charge in [-0.05, 0) is 36.1 Å². The minimum Gasteiger partial charge on any atom is -0.457 e. The summed E-state index contributed by atoms with van der Waals surface area (Å²) in [6.45, 7) is 1.86. The van der Waals surface area contributed by atoms with Gasteiger partial charge in [-0.1, -0.05) is 66.4 Å². The second-order valence-corrected chi connectivity index (χ2v) is 9.15. The Morgan fingerprint density at radius 3 is 2.67 bits per heavy atom. The maximum absolute atomic E-state index is 13.2. The zero-order valence-electron chi connectivity index (χ0n) is 17.3. The SMILES string of the molecule is Cc1ccc([N+](=O)[O-])cc1-c1ccc(/C=C2/SC(=S)N(c3cccc4ccccc34)C2=O)o1. The number of nitrogens with zero attached hydrogens (tertiary/aromatic N) is 2. The van der Waals surface area contributed by atoms with Crippen molar-refractivity contribution in [3.8, 4) is 11.3 Å². The largest absolute Gasteiger partial charge is 0.457 e. The second-order valence-electron chi connectivity index (χ2n) is 7.47. The van der Waals surface area contributed by atoms with Crippen LogP contribution in [0.1, 0.15) is 11.3 Å². The average molecular weight is 473 g/mol. The summed E-state index contributed by atoms with van der Waals surface area (Å²) in [5.74, 6) is 0.743. The third-order valence-electron chi connectivity index (χ3n) is 5.40. The summed E-state index contributed by atoms with van der Waals surface area (Å²) in [6, 6.07) is 21.7. The molecule has 0 aliphatic carbocycles. The van der Waals surface area contributed by atoms with Crippen molar-refractivity contribution >= 4 is 62.4 Å². The van der Waals surface area contributed by atoms with Crippen LogP contribution < -0.4 is 4.90 Å². The highest BCUT2D eigenvalue weighted by molar-refractivity contribution is 8.27. The van der Waals surface area contributed by atoms with Crippen molar-refractivity contribution in [3.05, 3.63) is 99.1 Å². The van der Waals surface area contributed by atoms with E-state index in [2.05, 4.69) is 0 Å². The van der Waals surface area contributed by atoms with Gasteiger partial charge in [0.2, 0.25) is 0 Å². The van der Waals surface area contributed by atoms with E-state index in [9.17, 15) is 14.9 Å². The van der Waals surface area contributed by atoms with E-state index in [4.69, 9.17) is 16.6 Å². The van der Waals surface area contributed by atoms with Crippen molar-refractivity contribution in [3.63, 3.8) is 0 Å². The maximum Gasteiger partial charge on any atom is 0.270 e. The van der Waals surface area contributed by atoms with E-state index < -0.39 is 4.92 Å². The fraction of sp³-hybridized carbons (Fsp3) is 0.0400. The molecular weight excluding hydrogens is 456 g/mol. The number of non-ortho nitro benzene ring substituents is 1. The molecule has 1 amide bonds. The van der Waals surface area contributed by atoms with Crippen LogP contribution in [-0.2, 0) is 4.79 Å². The van der Waals surface area contributed by atoms with E-state index >= 15 is 0 Å². The lowest BCUT2D eigenvalue weighted by atomic mass is 10.1. The highest BCUT2D eigenvalue weighted by atomic mass is 32.2. The third-order valence-corrected chi connectivity index (χ3v) is 6.70. The zero-order chi connectivity index (χ0) is 23.1. The number of anilines is 1. The van der Waals surface area contributed by atoms with Gasteiger partial charge in [0.05, 0.1) is 15.5 Å². The number of carbonyl (C=O) groups is 1. The van der Waals surface area contributed by atoms with Crippen LogP contribution in [0.15, 0.2) is 82.1 Å². The van der Waals surface area contributed by atoms with Gasteiger partial charge < -0.3 is 4.42 Å².